The molecule has 1 aromatic carbocycles. The summed E-state index contributed by atoms with van der Waals surface area (Å²) in [5, 5.41) is 8.61. The van der Waals surface area contributed by atoms with Gasteiger partial charge in [0.25, 0.3) is 5.91 Å². The number of nitrogens with zero attached hydrogens (tertiary/aromatic N) is 1. The second-order valence-corrected chi connectivity index (χ2v) is 4.14. The summed E-state index contributed by atoms with van der Waals surface area (Å²) in [6, 6.07) is 5.92. The summed E-state index contributed by atoms with van der Waals surface area (Å²) in [6.45, 7) is 4.06. The van der Waals surface area contributed by atoms with E-state index in [4.69, 9.17) is 0 Å². The number of carbonyl (C=O) groups excluding carboxylic acids is 1. The third kappa shape index (κ3) is 2.73. The predicted octanol–water partition coefficient (Wildman–Crippen LogP) is 1.48. The number of amides is 1. The molecule has 0 radical (unpaired) electrons. The van der Waals surface area contributed by atoms with Crippen LogP contribution in [0.5, 0.6) is 0 Å². The Balaban J connectivity index is 2.32. The molecule has 6 heteroatoms. The Hall–Kier alpha value is -2.37. The standard InChI is InChI=1S/C13H16N4O2/c1-3-8-6-5-7-9(4-2)10(8)14-12(18)11-15-13(19)17-16-11/h5-7H,3-4H2,1-2H3,(H,14,18)(H2,15,16,17,19). The lowest BCUT2D eigenvalue weighted by molar-refractivity contribution is 0.101. The van der Waals surface area contributed by atoms with Gasteiger partial charge in [-0.2, -0.15) is 0 Å². The Kier molecular flexibility index (Phi) is 3.79. The molecule has 0 spiro atoms. The first-order valence-corrected chi connectivity index (χ1v) is 6.22. The molecule has 0 saturated heterocycles. The SMILES string of the molecule is CCc1cccc(CC)c1NC(=O)c1n[nH]c(=O)[nH]1. The van der Waals surface area contributed by atoms with Crippen LogP contribution in [0.1, 0.15) is 35.6 Å². The molecule has 0 aliphatic carbocycles. The van der Waals surface area contributed by atoms with E-state index in [9.17, 15) is 9.59 Å². The summed E-state index contributed by atoms with van der Waals surface area (Å²) in [6.07, 6.45) is 1.64. The molecular weight excluding hydrogens is 244 g/mol. The van der Waals surface area contributed by atoms with Crippen LogP contribution in [0.4, 0.5) is 5.69 Å². The van der Waals surface area contributed by atoms with E-state index >= 15 is 0 Å². The highest BCUT2D eigenvalue weighted by Crippen LogP contribution is 2.22. The molecule has 1 heterocycles. The van der Waals surface area contributed by atoms with Gasteiger partial charge in [0.05, 0.1) is 0 Å². The zero-order valence-corrected chi connectivity index (χ0v) is 10.9. The summed E-state index contributed by atoms with van der Waals surface area (Å²) in [5.74, 6) is -0.438. The average Bonchev–Trinajstić information content (AvgIpc) is 2.85. The number of hydrogen-bond donors (Lipinski definition) is 3. The maximum Gasteiger partial charge on any atom is 0.341 e. The first kappa shape index (κ1) is 13.1. The monoisotopic (exact) mass is 260 g/mol. The van der Waals surface area contributed by atoms with Crippen molar-refractivity contribution in [1.29, 1.82) is 0 Å². The zero-order valence-electron chi connectivity index (χ0n) is 10.9. The van der Waals surface area contributed by atoms with Gasteiger partial charge in [0.1, 0.15) is 0 Å². The Bertz CT molecular complexity index is 620. The maximum atomic E-state index is 12.0. The number of anilines is 1. The molecule has 0 fully saturated rings. The van der Waals surface area contributed by atoms with Crippen LogP contribution >= 0.6 is 0 Å². The molecule has 0 unspecified atom stereocenters. The molecule has 2 rings (SSSR count). The summed E-state index contributed by atoms with van der Waals surface area (Å²) in [4.78, 5) is 25.3. The van der Waals surface area contributed by atoms with E-state index < -0.39 is 11.6 Å². The van der Waals surface area contributed by atoms with E-state index in [0.717, 1.165) is 29.7 Å². The molecule has 0 atom stereocenters. The van der Waals surface area contributed by atoms with Gasteiger partial charge in [0.2, 0.25) is 5.82 Å². The lowest BCUT2D eigenvalue weighted by atomic mass is 10.0. The number of hydrogen-bond acceptors (Lipinski definition) is 3. The molecule has 3 N–H and O–H groups in total. The molecule has 0 saturated carbocycles. The van der Waals surface area contributed by atoms with Crippen molar-refractivity contribution in [2.24, 2.45) is 0 Å². The van der Waals surface area contributed by atoms with E-state index in [2.05, 4.69) is 20.5 Å². The highest BCUT2D eigenvalue weighted by molar-refractivity contribution is 6.02. The Morgan fingerprint density at radius 2 is 1.89 bits per heavy atom. The van der Waals surface area contributed by atoms with Crippen molar-refractivity contribution in [2.75, 3.05) is 5.32 Å². The third-order valence-corrected chi connectivity index (χ3v) is 2.95. The lowest BCUT2D eigenvalue weighted by Crippen LogP contribution is -2.17. The van der Waals surface area contributed by atoms with Crippen LogP contribution in [-0.4, -0.2) is 21.1 Å². The average molecular weight is 260 g/mol. The van der Waals surface area contributed by atoms with Crippen LogP contribution in [0, 0.1) is 0 Å². The molecule has 1 amide bonds. The van der Waals surface area contributed by atoms with Crippen molar-refractivity contribution < 1.29 is 4.79 Å². The van der Waals surface area contributed by atoms with Gasteiger partial charge in [0, 0.05) is 5.69 Å². The van der Waals surface area contributed by atoms with Crippen molar-refractivity contribution in [3.8, 4) is 0 Å². The highest BCUT2D eigenvalue weighted by Gasteiger charge is 2.14. The summed E-state index contributed by atoms with van der Waals surface area (Å²) < 4.78 is 0. The minimum Gasteiger partial charge on any atom is -0.319 e. The molecule has 1 aromatic heterocycles. The van der Waals surface area contributed by atoms with Gasteiger partial charge >= 0.3 is 5.69 Å². The number of aryl methyl sites for hydroxylation is 2. The van der Waals surface area contributed by atoms with E-state index in [1.807, 2.05) is 32.0 Å². The number of aromatic nitrogens is 3. The molecule has 0 aliphatic heterocycles. The molecular formula is C13H16N4O2. The normalized spacial score (nSPS) is 10.4. The molecule has 100 valence electrons. The van der Waals surface area contributed by atoms with E-state index in [-0.39, 0.29) is 5.82 Å². The van der Waals surface area contributed by atoms with E-state index in [1.165, 1.54) is 0 Å². The fourth-order valence-corrected chi connectivity index (χ4v) is 1.95. The minimum absolute atomic E-state index is 0.0158. The van der Waals surface area contributed by atoms with Gasteiger partial charge in [0.15, 0.2) is 0 Å². The molecule has 6 nitrogen and oxygen atoms in total. The van der Waals surface area contributed by atoms with Crippen molar-refractivity contribution in [1.82, 2.24) is 15.2 Å². The van der Waals surface area contributed by atoms with Gasteiger partial charge in [-0.3, -0.25) is 9.78 Å². The van der Waals surface area contributed by atoms with E-state index in [0.29, 0.717) is 0 Å². The molecule has 0 bridgehead atoms. The fourth-order valence-electron chi connectivity index (χ4n) is 1.95. The largest absolute Gasteiger partial charge is 0.341 e. The first-order valence-electron chi connectivity index (χ1n) is 6.22. The van der Waals surface area contributed by atoms with Crippen LogP contribution in [0.3, 0.4) is 0 Å². The van der Waals surface area contributed by atoms with Gasteiger partial charge in [-0.1, -0.05) is 32.0 Å². The van der Waals surface area contributed by atoms with Crippen molar-refractivity contribution in [3.05, 3.63) is 45.6 Å². The first-order chi connectivity index (χ1) is 9.15. The number of rotatable bonds is 4. The maximum absolute atomic E-state index is 12.0. The van der Waals surface area contributed by atoms with E-state index in [1.54, 1.807) is 0 Å². The Labute approximate surface area is 110 Å². The smallest absolute Gasteiger partial charge is 0.319 e. The zero-order chi connectivity index (χ0) is 13.8. The number of aromatic amines is 2. The third-order valence-electron chi connectivity index (χ3n) is 2.95. The summed E-state index contributed by atoms with van der Waals surface area (Å²) in [7, 11) is 0. The molecule has 0 aliphatic rings. The van der Waals surface area contributed by atoms with Gasteiger partial charge in [-0.15, -0.1) is 5.10 Å². The minimum atomic E-state index is -0.496. The molecule has 19 heavy (non-hydrogen) atoms. The van der Waals surface area contributed by atoms with Crippen molar-refractivity contribution in [3.63, 3.8) is 0 Å². The van der Waals surface area contributed by atoms with Crippen LogP contribution < -0.4 is 11.0 Å². The topological polar surface area (TPSA) is 90.6 Å². The Morgan fingerprint density at radius 1 is 1.26 bits per heavy atom. The van der Waals surface area contributed by atoms with Crippen molar-refractivity contribution >= 4 is 11.6 Å². The van der Waals surface area contributed by atoms with Gasteiger partial charge in [-0.25, -0.2) is 9.89 Å². The van der Waals surface area contributed by atoms with Crippen molar-refractivity contribution in [2.45, 2.75) is 26.7 Å². The fraction of sp³-hybridized carbons (Fsp3) is 0.308. The number of para-hydroxylation sites is 1. The van der Waals surface area contributed by atoms with Gasteiger partial charge < -0.3 is 5.32 Å². The lowest BCUT2D eigenvalue weighted by Gasteiger charge is -2.13. The van der Waals surface area contributed by atoms with Crippen LogP contribution in [-0.2, 0) is 12.8 Å². The van der Waals surface area contributed by atoms with Crippen LogP contribution in [0.25, 0.3) is 0 Å². The number of H-pyrrole nitrogens is 2. The number of benzene rings is 1. The summed E-state index contributed by atoms with van der Waals surface area (Å²) >= 11 is 0. The highest BCUT2D eigenvalue weighted by atomic mass is 16.2. The predicted molar refractivity (Wildman–Crippen MR) is 72.4 cm³/mol. The quantitative estimate of drug-likeness (QED) is 0.777. The van der Waals surface area contributed by atoms with Crippen LogP contribution in [0.15, 0.2) is 23.0 Å². The second kappa shape index (κ2) is 5.51. The Morgan fingerprint density at radius 3 is 2.37 bits per heavy atom. The number of nitrogens with one attached hydrogen (secondary N) is 3. The van der Waals surface area contributed by atoms with Gasteiger partial charge in [-0.05, 0) is 24.0 Å². The summed E-state index contributed by atoms with van der Waals surface area (Å²) in [5.41, 5.74) is 2.43. The molecule has 2 aromatic rings. The van der Waals surface area contributed by atoms with Crippen LogP contribution in [0.2, 0.25) is 0 Å². The number of carbonyl (C=O) groups is 1. The second-order valence-electron chi connectivity index (χ2n) is 4.14.